The summed E-state index contributed by atoms with van der Waals surface area (Å²) in [7, 11) is 0. The van der Waals surface area contributed by atoms with Crippen molar-refractivity contribution >= 4 is 5.91 Å². The largest absolute Gasteiger partial charge is 0.491 e. The molecule has 2 heterocycles. The molecule has 1 fully saturated rings. The Morgan fingerprint density at radius 3 is 2.96 bits per heavy atom. The van der Waals surface area contributed by atoms with E-state index in [2.05, 4.69) is 10.3 Å². The lowest BCUT2D eigenvalue weighted by atomic mass is 10.1. The third kappa shape index (κ3) is 3.81. The number of ether oxygens (including phenoxy) is 1. The molecule has 1 amide bonds. The number of halogens is 1. The van der Waals surface area contributed by atoms with Crippen LogP contribution in [0.25, 0.3) is 11.3 Å². The average Bonchev–Trinajstić information content (AvgIpc) is 3.13. The Hall–Kier alpha value is -2.44. The van der Waals surface area contributed by atoms with Crippen molar-refractivity contribution in [3.63, 3.8) is 0 Å². The van der Waals surface area contributed by atoms with Gasteiger partial charge in [0, 0.05) is 25.1 Å². The van der Waals surface area contributed by atoms with Crippen molar-refractivity contribution < 1.29 is 13.9 Å². The van der Waals surface area contributed by atoms with Gasteiger partial charge in [0.1, 0.15) is 5.69 Å². The summed E-state index contributed by atoms with van der Waals surface area (Å²) in [5.41, 5.74) is 1.27. The Kier molecular flexibility index (Phi) is 5.31. The van der Waals surface area contributed by atoms with E-state index in [1.165, 1.54) is 6.07 Å². The third-order valence-electron chi connectivity index (χ3n) is 4.46. The van der Waals surface area contributed by atoms with Crippen molar-refractivity contribution in [3.8, 4) is 17.0 Å². The van der Waals surface area contributed by atoms with Crippen LogP contribution in [0.5, 0.6) is 5.75 Å². The molecule has 0 radical (unpaired) electrons. The molecule has 3 rings (SSSR count). The van der Waals surface area contributed by atoms with E-state index in [0.29, 0.717) is 30.8 Å². The highest BCUT2D eigenvalue weighted by Gasteiger charge is 2.25. The van der Waals surface area contributed by atoms with E-state index >= 15 is 0 Å². The molecule has 1 aliphatic rings. The Labute approximate surface area is 146 Å². The number of carbonyl (C=O) groups excluding carboxylic acids is 1. The van der Waals surface area contributed by atoms with E-state index < -0.39 is 5.82 Å². The smallest absolute Gasteiger partial charge is 0.222 e. The minimum atomic E-state index is -0.411. The lowest BCUT2D eigenvalue weighted by Crippen LogP contribution is -2.40. The summed E-state index contributed by atoms with van der Waals surface area (Å²) in [4.78, 5) is 13.8. The van der Waals surface area contributed by atoms with Crippen molar-refractivity contribution in [1.82, 2.24) is 19.9 Å². The maximum atomic E-state index is 14.0. The molecule has 1 unspecified atom stereocenters. The first-order chi connectivity index (χ1) is 12.1. The van der Waals surface area contributed by atoms with E-state index in [4.69, 9.17) is 4.74 Å². The van der Waals surface area contributed by atoms with Crippen LogP contribution in [-0.4, -0.2) is 45.5 Å². The first-order valence-corrected chi connectivity index (χ1v) is 8.74. The number of piperidine rings is 1. The summed E-state index contributed by atoms with van der Waals surface area (Å²) in [6.07, 6.45) is 4.23. The van der Waals surface area contributed by atoms with Gasteiger partial charge in [0.2, 0.25) is 5.91 Å². The third-order valence-corrected chi connectivity index (χ3v) is 4.46. The van der Waals surface area contributed by atoms with Crippen molar-refractivity contribution in [2.75, 3.05) is 19.7 Å². The molecule has 0 N–H and O–H groups in total. The van der Waals surface area contributed by atoms with Gasteiger partial charge in [-0.05, 0) is 38.0 Å². The minimum Gasteiger partial charge on any atom is -0.491 e. The molecule has 0 spiro atoms. The van der Waals surface area contributed by atoms with E-state index in [9.17, 15) is 9.18 Å². The van der Waals surface area contributed by atoms with Crippen LogP contribution in [0.3, 0.4) is 0 Å². The van der Waals surface area contributed by atoms with Gasteiger partial charge in [0.25, 0.3) is 0 Å². The molecular weight excluding hydrogens is 323 g/mol. The second-order valence-electron chi connectivity index (χ2n) is 6.15. The molecule has 2 aromatic rings. The van der Waals surface area contributed by atoms with Crippen LogP contribution in [0.1, 0.15) is 39.2 Å². The fourth-order valence-corrected chi connectivity index (χ4v) is 3.14. The lowest BCUT2D eigenvalue weighted by Gasteiger charge is -2.32. The van der Waals surface area contributed by atoms with Gasteiger partial charge in [-0.1, -0.05) is 12.1 Å². The zero-order valence-electron chi connectivity index (χ0n) is 14.6. The molecule has 1 atom stereocenters. The molecule has 1 aliphatic heterocycles. The molecule has 134 valence electrons. The highest BCUT2D eigenvalue weighted by atomic mass is 19.1. The van der Waals surface area contributed by atoms with Crippen LogP contribution >= 0.6 is 0 Å². The molecule has 0 saturated carbocycles. The van der Waals surface area contributed by atoms with Crippen LogP contribution in [0.4, 0.5) is 4.39 Å². The predicted molar refractivity (Wildman–Crippen MR) is 91.7 cm³/mol. The normalized spacial score (nSPS) is 17.6. The molecule has 0 bridgehead atoms. The molecule has 1 saturated heterocycles. The summed E-state index contributed by atoms with van der Waals surface area (Å²) in [5, 5.41) is 8.37. The lowest BCUT2D eigenvalue weighted by molar-refractivity contribution is -0.132. The van der Waals surface area contributed by atoms with Gasteiger partial charge < -0.3 is 9.64 Å². The zero-order valence-corrected chi connectivity index (χ0v) is 14.6. The van der Waals surface area contributed by atoms with Crippen LogP contribution in [0.2, 0.25) is 0 Å². The van der Waals surface area contributed by atoms with E-state index in [-0.39, 0.29) is 17.7 Å². The number of hydrogen-bond donors (Lipinski definition) is 0. The van der Waals surface area contributed by atoms with E-state index in [1.54, 1.807) is 16.8 Å². The van der Waals surface area contributed by atoms with Gasteiger partial charge in [-0.3, -0.25) is 4.79 Å². The number of aromatic nitrogens is 3. The second-order valence-corrected chi connectivity index (χ2v) is 6.15. The number of rotatable bonds is 5. The Morgan fingerprint density at radius 1 is 1.40 bits per heavy atom. The quantitative estimate of drug-likeness (QED) is 0.835. The summed E-state index contributed by atoms with van der Waals surface area (Å²) >= 11 is 0. The second kappa shape index (κ2) is 7.63. The molecule has 6 nitrogen and oxygen atoms in total. The maximum absolute atomic E-state index is 14.0. The van der Waals surface area contributed by atoms with Gasteiger partial charge in [-0.25, -0.2) is 9.07 Å². The van der Waals surface area contributed by atoms with Crippen LogP contribution in [0.15, 0.2) is 24.4 Å². The van der Waals surface area contributed by atoms with Crippen molar-refractivity contribution in [1.29, 1.82) is 0 Å². The SMILES string of the molecule is CCOc1ccc(-c2cn(C3CCCN(C(=O)CC)C3)nn2)cc1F. The molecule has 7 heteroatoms. The van der Waals surface area contributed by atoms with Gasteiger partial charge >= 0.3 is 0 Å². The molecular formula is C18H23FN4O2. The number of nitrogens with zero attached hydrogens (tertiary/aromatic N) is 4. The number of amides is 1. The fourth-order valence-electron chi connectivity index (χ4n) is 3.14. The van der Waals surface area contributed by atoms with Crippen LogP contribution in [-0.2, 0) is 4.79 Å². The van der Waals surface area contributed by atoms with Crippen LogP contribution < -0.4 is 4.74 Å². The average molecular weight is 346 g/mol. The van der Waals surface area contributed by atoms with Gasteiger partial charge in [0.05, 0.1) is 18.8 Å². The predicted octanol–water partition coefficient (Wildman–Crippen LogP) is 3.06. The maximum Gasteiger partial charge on any atom is 0.222 e. The zero-order chi connectivity index (χ0) is 17.8. The first kappa shape index (κ1) is 17.4. The number of carbonyl (C=O) groups is 1. The number of likely N-dealkylation sites (tertiary alicyclic amines) is 1. The highest BCUT2D eigenvalue weighted by molar-refractivity contribution is 5.75. The standard InChI is InChI=1S/C18H23FN4O2/c1-3-18(24)22-9-5-6-14(11-22)23-12-16(20-21-23)13-7-8-17(25-4-2)15(19)10-13/h7-8,10,12,14H,3-6,9,11H2,1-2H3. The summed E-state index contributed by atoms with van der Waals surface area (Å²) in [6, 6.07) is 4.90. The van der Waals surface area contributed by atoms with Crippen molar-refractivity contribution in [2.45, 2.75) is 39.2 Å². The number of benzene rings is 1. The molecule has 25 heavy (non-hydrogen) atoms. The summed E-state index contributed by atoms with van der Waals surface area (Å²) in [6.45, 7) is 5.55. The molecule has 0 aliphatic carbocycles. The fraction of sp³-hybridized carbons (Fsp3) is 0.500. The van der Waals surface area contributed by atoms with E-state index in [0.717, 1.165) is 19.4 Å². The topological polar surface area (TPSA) is 60.2 Å². The molecule has 1 aromatic carbocycles. The first-order valence-electron chi connectivity index (χ1n) is 8.74. The Morgan fingerprint density at radius 2 is 2.24 bits per heavy atom. The van der Waals surface area contributed by atoms with Crippen LogP contribution in [0, 0.1) is 5.82 Å². The van der Waals surface area contributed by atoms with Gasteiger partial charge in [-0.15, -0.1) is 5.10 Å². The minimum absolute atomic E-state index is 0.109. The highest BCUT2D eigenvalue weighted by Crippen LogP contribution is 2.26. The van der Waals surface area contributed by atoms with E-state index in [1.807, 2.05) is 24.9 Å². The molecule has 1 aromatic heterocycles. The van der Waals surface area contributed by atoms with Gasteiger partial charge in [-0.2, -0.15) is 0 Å². The number of hydrogen-bond acceptors (Lipinski definition) is 4. The summed E-state index contributed by atoms with van der Waals surface area (Å²) in [5.74, 6) is -0.00968. The van der Waals surface area contributed by atoms with Crippen molar-refractivity contribution in [3.05, 3.63) is 30.2 Å². The Balaban J connectivity index is 1.76. The Bertz CT molecular complexity index is 746. The van der Waals surface area contributed by atoms with Crippen molar-refractivity contribution in [2.24, 2.45) is 0 Å². The summed E-state index contributed by atoms with van der Waals surface area (Å²) < 4.78 is 21.0. The van der Waals surface area contributed by atoms with Gasteiger partial charge in [0.15, 0.2) is 11.6 Å². The monoisotopic (exact) mass is 346 g/mol.